The molecule has 0 atom stereocenters. The summed E-state index contributed by atoms with van der Waals surface area (Å²) in [7, 11) is 0. The third-order valence-corrected chi connectivity index (χ3v) is 3.78. The van der Waals surface area contributed by atoms with Crippen molar-refractivity contribution in [3.05, 3.63) is 63.9 Å². The normalized spacial score (nSPS) is 10.3. The molecule has 0 radical (unpaired) electrons. The topological polar surface area (TPSA) is 26.3 Å². The molecule has 0 heterocycles. The minimum Gasteiger partial charge on any atom is -0.493 e. The van der Waals surface area contributed by atoms with Crippen molar-refractivity contribution in [3.63, 3.8) is 0 Å². The summed E-state index contributed by atoms with van der Waals surface area (Å²) in [5.41, 5.74) is 1.58. The van der Waals surface area contributed by atoms with E-state index in [1.54, 1.807) is 0 Å². The summed E-state index contributed by atoms with van der Waals surface area (Å²) < 4.78 is 19.3. The zero-order valence-corrected chi connectivity index (χ0v) is 12.6. The van der Waals surface area contributed by atoms with Gasteiger partial charge in [0.1, 0.15) is 11.6 Å². The molecule has 0 saturated carbocycles. The number of ether oxygens (including phenoxy) is 1. The molecule has 2 aromatic carbocycles. The molecular formula is C16H14BrFO2. The van der Waals surface area contributed by atoms with Crippen molar-refractivity contribution in [2.24, 2.45) is 0 Å². The zero-order chi connectivity index (χ0) is 14.5. The number of carbonyl (C=O) groups is 1. The SMILES string of the molecule is Cc1cc(OCCC(=O)c2ccc(F)cc2)ccc1Br. The Bertz CT molecular complexity index is 608. The number of aryl methyl sites for hydroxylation is 1. The Morgan fingerprint density at radius 3 is 2.55 bits per heavy atom. The lowest BCUT2D eigenvalue weighted by atomic mass is 10.1. The number of carbonyl (C=O) groups excluding carboxylic acids is 1. The molecule has 2 nitrogen and oxygen atoms in total. The molecule has 0 aromatic heterocycles. The van der Waals surface area contributed by atoms with Crippen LogP contribution in [0.4, 0.5) is 4.39 Å². The first kappa shape index (κ1) is 14.7. The fourth-order valence-electron chi connectivity index (χ4n) is 1.75. The van der Waals surface area contributed by atoms with Crippen molar-refractivity contribution >= 4 is 21.7 Å². The van der Waals surface area contributed by atoms with Gasteiger partial charge in [-0.1, -0.05) is 15.9 Å². The third-order valence-electron chi connectivity index (χ3n) is 2.89. The van der Waals surface area contributed by atoms with Crippen molar-refractivity contribution in [3.8, 4) is 5.75 Å². The Hall–Kier alpha value is -1.68. The van der Waals surface area contributed by atoms with Gasteiger partial charge in [0.15, 0.2) is 5.78 Å². The van der Waals surface area contributed by atoms with Crippen LogP contribution >= 0.6 is 15.9 Å². The molecule has 0 spiro atoms. The lowest BCUT2D eigenvalue weighted by Crippen LogP contribution is -2.06. The van der Waals surface area contributed by atoms with Crippen LogP contribution in [0, 0.1) is 12.7 Å². The van der Waals surface area contributed by atoms with Crippen LogP contribution < -0.4 is 4.74 Å². The molecule has 4 heteroatoms. The van der Waals surface area contributed by atoms with Gasteiger partial charge in [-0.2, -0.15) is 0 Å². The van der Waals surface area contributed by atoms with Crippen LogP contribution in [0.1, 0.15) is 22.3 Å². The van der Waals surface area contributed by atoms with Gasteiger partial charge in [0.25, 0.3) is 0 Å². The Labute approximate surface area is 125 Å². The van der Waals surface area contributed by atoms with Crippen LogP contribution in [0.5, 0.6) is 5.75 Å². The predicted octanol–water partition coefficient (Wildman–Crippen LogP) is 4.55. The van der Waals surface area contributed by atoms with Crippen LogP contribution in [0.3, 0.4) is 0 Å². The van der Waals surface area contributed by atoms with Crippen LogP contribution in [0.2, 0.25) is 0 Å². The lowest BCUT2D eigenvalue weighted by molar-refractivity contribution is 0.0962. The summed E-state index contributed by atoms with van der Waals surface area (Å²) in [6.07, 6.45) is 0.265. The smallest absolute Gasteiger partial charge is 0.166 e. The minimum absolute atomic E-state index is 0.0566. The van der Waals surface area contributed by atoms with Crippen LogP contribution in [0.25, 0.3) is 0 Å². The summed E-state index contributed by atoms with van der Waals surface area (Å²) in [6, 6.07) is 11.2. The Kier molecular flexibility index (Phi) is 4.90. The van der Waals surface area contributed by atoms with E-state index in [0.29, 0.717) is 12.2 Å². The molecule has 20 heavy (non-hydrogen) atoms. The van der Waals surface area contributed by atoms with E-state index in [9.17, 15) is 9.18 Å². The van der Waals surface area contributed by atoms with Gasteiger partial charge in [0, 0.05) is 16.5 Å². The monoisotopic (exact) mass is 336 g/mol. The van der Waals surface area contributed by atoms with Gasteiger partial charge in [-0.25, -0.2) is 4.39 Å². The number of Topliss-reactive ketones (excluding diaryl/α,β-unsaturated/α-hetero) is 1. The molecule has 0 unspecified atom stereocenters. The molecule has 0 aliphatic rings. The van der Waals surface area contributed by atoms with Gasteiger partial charge >= 0.3 is 0 Å². The summed E-state index contributed by atoms with van der Waals surface area (Å²) in [5.74, 6) is 0.333. The van der Waals surface area contributed by atoms with Crippen molar-refractivity contribution in [1.82, 2.24) is 0 Å². The van der Waals surface area contributed by atoms with Crippen LogP contribution in [-0.4, -0.2) is 12.4 Å². The highest BCUT2D eigenvalue weighted by Gasteiger charge is 2.06. The Morgan fingerprint density at radius 1 is 1.20 bits per heavy atom. The van der Waals surface area contributed by atoms with Gasteiger partial charge in [-0.05, 0) is 55.0 Å². The molecule has 0 amide bonds. The fourth-order valence-corrected chi connectivity index (χ4v) is 2.00. The minimum atomic E-state index is -0.344. The highest BCUT2D eigenvalue weighted by atomic mass is 79.9. The molecule has 104 valence electrons. The number of hydrogen-bond donors (Lipinski definition) is 0. The first-order chi connectivity index (χ1) is 9.56. The highest BCUT2D eigenvalue weighted by molar-refractivity contribution is 9.10. The molecular weight excluding hydrogens is 323 g/mol. The van der Waals surface area contributed by atoms with E-state index in [0.717, 1.165) is 15.8 Å². The molecule has 0 aliphatic carbocycles. The van der Waals surface area contributed by atoms with E-state index in [-0.39, 0.29) is 18.0 Å². The van der Waals surface area contributed by atoms with E-state index >= 15 is 0 Å². The first-order valence-electron chi connectivity index (χ1n) is 6.24. The fraction of sp³-hybridized carbons (Fsp3) is 0.188. The van der Waals surface area contributed by atoms with E-state index in [4.69, 9.17) is 4.74 Å². The predicted molar refractivity (Wildman–Crippen MR) is 79.7 cm³/mol. The van der Waals surface area contributed by atoms with Gasteiger partial charge in [-0.3, -0.25) is 4.79 Å². The molecule has 2 rings (SSSR count). The van der Waals surface area contributed by atoms with Crippen molar-refractivity contribution in [1.29, 1.82) is 0 Å². The number of rotatable bonds is 5. The van der Waals surface area contributed by atoms with E-state index < -0.39 is 0 Å². The maximum absolute atomic E-state index is 12.8. The summed E-state index contributed by atoms with van der Waals surface area (Å²) in [6.45, 7) is 2.28. The van der Waals surface area contributed by atoms with E-state index in [1.807, 2.05) is 25.1 Å². The van der Waals surface area contributed by atoms with Gasteiger partial charge < -0.3 is 4.74 Å². The largest absolute Gasteiger partial charge is 0.493 e. The number of ketones is 1. The van der Waals surface area contributed by atoms with Crippen molar-refractivity contribution in [2.45, 2.75) is 13.3 Å². The number of benzene rings is 2. The first-order valence-corrected chi connectivity index (χ1v) is 7.03. The Balaban J connectivity index is 1.87. The molecule has 0 saturated heterocycles. The van der Waals surface area contributed by atoms with Gasteiger partial charge in [-0.15, -0.1) is 0 Å². The summed E-state index contributed by atoms with van der Waals surface area (Å²) >= 11 is 3.42. The average molecular weight is 337 g/mol. The van der Waals surface area contributed by atoms with Crippen molar-refractivity contribution in [2.75, 3.05) is 6.61 Å². The van der Waals surface area contributed by atoms with Crippen molar-refractivity contribution < 1.29 is 13.9 Å². The van der Waals surface area contributed by atoms with Gasteiger partial charge in [0.05, 0.1) is 6.61 Å². The van der Waals surface area contributed by atoms with E-state index in [1.165, 1.54) is 24.3 Å². The van der Waals surface area contributed by atoms with Gasteiger partial charge in [0.2, 0.25) is 0 Å². The maximum Gasteiger partial charge on any atom is 0.166 e. The second kappa shape index (κ2) is 6.66. The van der Waals surface area contributed by atoms with Crippen LogP contribution in [0.15, 0.2) is 46.9 Å². The maximum atomic E-state index is 12.8. The summed E-state index contributed by atoms with van der Waals surface area (Å²) in [4.78, 5) is 11.9. The lowest BCUT2D eigenvalue weighted by Gasteiger charge is -2.07. The summed E-state index contributed by atoms with van der Waals surface area (Å²) in [5, 5.41) is 0. The molecule has 0 fully saturated rings. The quantitative estimate of drug-likeness (QED) is 0.749. The number of halogens is 2. The van der Waals surface area contributed by atoms with Crippen LogP contribution in [-0.2, 0) is 0 Å². The molecule has 0 bridgehead atoms. The second-order valence-corrected chi connectivity index (χ2v) is 5.29. The second-order valence-electron chi connectivity index (χ2n) is 4.44. The standard InChI is InChI=1S/C16H14BrFO2/c1-11-10-14(6-7-15(11)17)20-9-8-16(19)12-2-4-13(18)5-3-12/h2-7,10H,8-9H2,1H3. The Morgan fingerprint density at radius 2 is 1.90 bits per heavy atom. The average Bonchev–Trinajstić information content (AvgIpc) is 2.43. The molecule has 2 aromatic rings. The molecule has 0 N–H and O–H groups in total. The zero-order valence-electron chi connectivity index (χ0n) is 11.0. The third kappa shape index (κ3) is 3.90. The highest BCUT2D eigenvalue weighted by Crippen LogP contribution is 2.21. The number of hydrogen-bond acceptors (Lipinski definition) is 2. The van der Waals surface area contributed by atoms with E-state index in [2.05, 4.69) is 15.9 Å². The molecule has 0 aliphatic heterocycles.